The van der Waals surface area contributed by atoms with Crippen molar-refractivity contribution < 1.29 is 10.3 Å². The van der Waals surface area contributed by atoms with Gasteiger partial charge in [0.1, 0.15) is 6.73 Å². The minimum absolute atomic E-state index is 0.0521. The Hall–Kier alpha value is -0.120. The molecule has 0 amide bonds. The van der Waals surface area contributed by atoms with E-state index in [1.54, 1.807) is 0 Å². The van der Waals surface area contributed by atoms with Gasteiger partial charge in [0, 0.05) is 5.54 Å². The van der Waals surface area contributed by atoms with Crippen LogP contribution < -0.4 is 0 Å². The van der Waals surface area contributed by atoms with Crippen LogP contribution in [0.4, 0.5) is 0 Å². The molecule has 0 aliphatic heterocycles. The fourth-order valence-corrected chi connectivity index (χ4v) is 4.53. The van der Waals surface area contributed by atoms with E-state index < -0.39 is 0 Å². The SMILES string of the molecule is OCN(O)C12CC3CC(CC(C3)C1)C2. The second-order valence-electron chi connectivity index (χ2n) is 5.68. The minimum atomic E-state index is -0.202. The Bertz CT molecular complexity index is 206. The minimum Gasteiger partial charge on any atom is -0.379 e. The van der Waals surface area contributed by atoms with Crippen LogP contribution in [0.3, 0.4) is 0 Å². The first-order valence-electron chi connectivity index (χ1n) is 5.79. The van der Waals surface area contributed by atoms with Crippen LogP contribution in [0, 0.1) is 17.8 Å². The van der Waals surface area contributed by atoms with E-state index in [0.29, 0.717) is 0 Å². The van der Waals surface area contributed by atoms with Gasteiger partial charge in [-0.15, -0.1) is 0 Å². The second kappa shape index (κ2) is 2.94. The summed E-state index contributed by atoms with van der Waals surface area (Å²) in [5.74, 6) is 2.47. The van der Waals surface area contributed by atoms with Crippen molar-refractivity contribution >= 4 is 0 Å². The van der Waals surface area contributed by atoms with E-state index in [1.165, 1.54) is 24.3 Å². The monoisotopic (exact) mass is 197 g/mol. The summed E-state index contributed by atoms with van der Waals surface area (Å²) < 4.78 is 0. The van der Waals surface area contributed by atoms with E-state index in [-0.39, 0.29) is 12.3 Å². The zero-order chi connectivity index (χ0) is 9.76. The molecule has 4 aliphatic rings. The second-order valence-corrected chi connectivity index (χ2v) is 5.68. The molecular weight excluding hydrogens is 178 g/mol. The van der Waals surface area contributed by atoms with E-state index in [0.717, 1.165) is 37.0 Å². The molecule has 4 bridgehead atoms. The third kappa shape index (κ3) is 1.16. The van der Waals surface area contributed by atoms with Gasteiger partial charge in [-0.1, -0.05) is 0 Å². The number of aliphatic hydroxyl groups is 1. The van der Waals surface area contributed by atoms with E-state index in [2.05, 4.69) is 0 Å². The average molecular weight is 197 g/mol. The highest BCUT2D eigenvalue weighted by molar-refractivity contribution is 5.05. The molecule has 3 heteroatoms. The highest BCUT2D eigenvalue weighted by Crippen LogP contribution is 2.57. The molecule has 0 saturated heterocycles. The van der Waals surface area contributed by atoms with Gasteiger partial charge in [0.05, 0.1) is 0 Å². The summed E-state index contributed by atoms with van der Waals surface area (Å²) in [6.45, 7) is -0.202. The van der Waals surface area contributed by atoms with E-state index in [1.807, 2.05) is 0 Å². The highest BCUT2D eigenvalue weighted by Gasteiger charge is 2.53. The van der Waals surface area contributed by atoms with E-state index in [9.17, 15) is 5.21 Å². The molecule has 0 spiro atoms. The Labute approximate surface area is 84.7 Å². The first-order valence-corrected chi connectivity index (χ1v) is 5.79. The van der Waals surface area contributed by atoms with Gasteiger partial charge in [-0.2, -0.15) is 5.06 Å². The third-order valence-corrected chi connectivity index (χ3v) is 4.69. The number of nitrogens with zero attached hydrogens (tertiary/aromatic N) is 1. The van der Waals surface area contributed by atoms with Gasteiger partial charge in [0.15, 0.2) is 0 Å². The molecule has 0 radical (unpaired) electrons. The van der Waals surface area contributed by atoms with Crippen LogP contribution in [0.1, 0.15) is 38.5 Å². The quantitative estimate of drug-likeness (QED) is 0.522. The summed E-state index contributed by atoms with van der Waals surface area (Å²) >= 11 is 0. The maximum atomic E-state index is 9.81. The standard InChI is InChI=1S/C11H19NO2/c13-7-12(14)11-4-8-1-9(5-11)3-10(2-8)6-11/h8-10,13-14H,1-7H2. The van der Waals surface area contributed by atoms with Gasteiger partial charge in [-0.05, 0) is 56.3 Å². The first kappa shape index (κ1) is 9.13. The van der Waals surface area contributed by atoms with Gasteiger partial charge >= 0.3 is 0 Å². The summed E-state index contributed by atoms with van der Waals surface area (Å²) in [5, 5.41) is 20.1. The van der Waals surface area contributed by atoms with Crippen LogP contribution in [-0.4, -0.2) is 27.6 Å². The van der Waals surface area contributed by atoms with Crippen molar-refractivity contribution in [2.75, 3.05) is 6.73 Å². The lowest BCUT2D eigenvalue weighted by molar-refractivity contribution is -0.255. The molecule has 0 atom stereocenters. The van der Waals surface area contributed by atoms with Crippen molar-refractivity contribution in [3.05, 3.63) is 0 Å². The molecule has 0 unspecified atom stereocenters. The average Bonchev–Trinajstić information content (AvgIpc) is 2.14. The zero-order valence-electron chi connectivity index (χ0n) is 8.52. The Morgan fingerprint density at radius 2 is 1.43 bits per heavy atom. The molecule has 3 nitrogen and oxygen atoms in total. The zero-order valence-corrected chi connectivity index (χ0v) is 8.52. The van der Waals surface area contributed by atoms with Crippen LogP contribution in [0.25, 0.3) is 0 Å². The van der Waals surface area contributed by atoms with Gasteiger partial charge < -0.3 is 10.3 Å². The predicted molar refractivity (Wildman–Crippen MR) is 51.6 cm³/mol. The van der Waals surface area contributed by atoms with Crippen LogP contribution >= 0.6 is 0 Å². The highest BCUT2D eigenvalue weighted by atomic mass is 16.5. The Morgan fingerprint density at radius 3 is 1.79 bits per heavy atom. The maximum Gasteiger partial charge on any atom is 0.119 e. The lowest BCUT2D eigenvalue weighted by Gasteiger charge is -2.58. The molecule has 80 valence electrons. The Balaban J connectivity index is 1.87. The molecule has 4 fully saturated rings. The summed E-state index contributed by atoms with van der Waals surface area (Å²) in [4.78, 5) is 0. The topological polar surface area (TPSA) is 43.7 Å². The van der Waals surface area contributed by atoms with Crippen molar-refractivity contribution in [3.8, 4) is 0 Å². The smallest absolute Gasteiger partial charge is 0.119 e. The number of hydrogen-bond acceptors (Lipinski definition) is 3. The fraction of sp³-hybridized carbons (Fsp3) is 1.00. The van der Waals surface area contributed by atoms with Gasteiger partial charge in [0.2, 0.25) is 0 Å². The third-order valence-electron chi connectivity index (χ3n) is 4.69. The van der Waals surface area contributed by atoms with E-state index in [4.69, 9.17) is 5.11 Å². The molecule has 14 heavy (non-hydrogen) atoms. The van der Waals surface area contributed by atoms with Crippen molar-refractivity contribution in [1.29, 1.82) is 0 Å². The molecule has 4 rings (SSSR count). The van der Waals surface area contributed by atoms with Crippen molar-refractivity contribution in [1.82, 2.24) is 5.06 Å². The number of hydroxylamine groups is 2. The predicted octanol–water partition coefficient (Wildman–Crippen LogP) is 1.60. The first-order chi connectivity index (χ1) is 6.72. The molecule has 0 heterocycles. The lowest BCUT2D eigenvalue weighted by Crippen LogP contribution is -2.59. The summed E-state index contributed by atoms with van der Waals surface area (Å²) in [7, 11) is 0. The molecule has 0 aromatic heterocycles. The summed E-state index contributed by atoms with van der Waals surface area (Å²) in [6.07, 6.45) is 7.44. The molecule has 4 aliphatic carbocycles. The van der Waals surface area contributed by atoms with Gasteiger partial charge in [-0.25, -0.2) is 0 Å². The van der Waals surface area contributed by atoms with Gasteiger partial charge in [-0.3, -0.25) is 0 Å². The molecular formula is C11H19NO2. The number of rotatable bonds is 2. The summed E-state index contributed by atoms with van der Waals surface area (Å²) in [5.41, 5.74) is -0.0521. The van der Waals surface area contributed by atoms with Crippen molar-refractivity contribution in [3.63, 3.8) is 0 Å². The molecule has 0 aromatic carbocycles. The normalized spacial score (nSPS) is 50.4. The fourth-order valence-electron chi connectivity index (χ4n) is 4.53. The lowest BCUT2D eigenvalue weighted by atomic mass is 9.53. The van der Waals surface area contributed by atoms with Crippen LogP contribution in [0.5, 0.6) is 0 Å². The van der Waals surface area contributed by atoms with Crippen molar-refractivity contribution in [2.24, 2.45) is 17.8 Å². The van der Waals surface area contributed by atoms with Crippen molar-refractivity contribution in [2.45, 2.75) is 44.1 Å². The molecule has 0 aromatic rings. The largest absolute Gasteiger partial charge is 0.379 e. The van der Waals surface area contributed by atoms with Gasteiger partial charge in [0.25, 0.3) is 0 Å². The number of aliphatic hydroxyl groups excluding tert-OH is 1. The Morgan fingerprint density at radius 1 is 1.00 bits per heavy atom. The van der Waals surface area contributed by atoms with Crippen LogP contribution in [-0.2, 0) is 0 Å². The van der Waals surface area contributed by atoms with E-state index >= 15 is 0 Å². The summed E-state index contributed by atoms with van der Waals surface area (Å²) in [6, 6.07) is 0. The van der Waals surface area contributed by atoms with Crippen LogP contribution in [0.15, 0.2) is 0 Å². The maximum absolute atomic E-state index is 9.81. The molecule has 2 N–H and O–H groups in total. The number of hydrogen-bond donors (Lipinski definition) is 2. The van der Waals surface area contributed by atoms with Crippen LogP contribution in [0.2, 0.25) is 0 Å². The molecule has 4 saturated carbocycles. The Kier molecular flexibility index (Phi) is 1.92.